The number of thiophene rings is 1. The maximum Gasteiger partial charge on any atom is 0.253 e. The van der Waals surface area contributed by atoms with Gasteiger partial charge in [-0.15, -0.1) is 0 Å². The van der Waals surface area contributed by atoms with Gasteiger partial charge < -0.3 is 10.3 Å². The lowest BCUT2D eigenvalue weighted by molar-refractivity contribution is 0.845. The molecular formula is C20H17ClN4OS. The minimum Gasteiger partial charge on any atom is -0.347 e. The number of aryl methyl sites for hydroxylation is 1. The highest BCUT2D eigenvalue weighted by molar-refractivity contribution is 7.08. The fourth-order valence-electron chi connectivity index (χ4n) is 2.99. The van der Waals surface area contributed by atoms with Crippen molar-refractivity contribution in [2.45, 2.75) is 19.9 Å². The zero-order valence-corrected chi connectivity index (χ0v) is 16.4. The van der Waals surface area contributed by atoms with Crippen molar-refractivity contribution in [1.82, 2.24) is 15.0 Å². The first-order valence-corrected chi connectivity index (χ1v) is 9.78. The van der Waals surface area contributed by atoms with Crippen molar-refractivity contribution < 1.29 is 0 Å². The highest BCUT2D eigenvalue weighted by Gasteiger charge is 2.14. The van der Waals surface area contributed by atoms with Crippen LogP contribution in [0.1, 0.15) is 24.1 Å². The van der Waals surface area contributed by atoms with Crippen LogP contribution in [0.25, 0.3) is 22.2 Å². The molecule has 0 aliphatic heterocycles. The molecule has 7 heteroatoms. The first-order valence-electron chi connectivity index (χ1n) is 8.46. The number of benzene rings is 1. The summed E-state index contributed by atoms with van der Waals surface area (Å²) in [5, 5.41) is 8.90. The Morgan fingerprint density at radius 2 is 2.07 bits per heavy atom. The molecule has 0 aliphatic rings. The first kappa shape index (κ1) is 17.7. The predicted molar refractivity (Wildman–Crippen MR) is 112 cm³/mol. The van der Waals surface area contributed by atoms with Gasteiger partial charge >= 0.3 is 0 Å². The van der Waals surface area contributed by atoms with Gasteiger partial charge in [-0.2, -0.15) is 11.3 Å². The van der Waals surface area contributed by atoms with E-state index in [1.165, 1.54) is 5.56 Å². The Balaban J connectivity index is 1.65. The van der Waals surface area contributed by atoms with Crippen LogP contribution in [-0.4, -0.2) is 15.0 Å². The van der Waals surface area contributed by atoms with Crippen LogP contribution in [0.2, 0.25) is 5.02 Å². The molecule has 0 bridgehead atoms. The van der Waals surface area contributed by atoms with E-state index in [0.29, 0.717) is 16.5 Å². The standard InChI is InChI=1S/C20H17ClN4OS/c1-11-9-27-10-16(11)18-5-6-22-20(25-18)23-12(2)15-8-13-7-14(21)3-4-17(13)24-19(15)26/h3-10,12H,1-2H3,(H,24,26)(H,22,23,25)/t12-/m0/s1. The van der Waals surface area contributed by atoms with Gasteiger partial charge in [0.05, 0.1) is 11.7 Å². The number of aromatic amines is 1. The number of hydrogen-bond acceptors (Lipinski definition) is 5. The maximum atomic E-state index is 12.5. The topological polar surface area (TPSA) is 70.7 Å². The number of fused-ring (bicyclic) bond motifs is 1. The Labute approximate surface area is 165 Å². The molecule has 0 aliphatic carbocycles. The second kappa shape index (κ2) is 7.13. The van der Waals surface area contributed by atoms with Crippen molar-refractivity contribution in [3.63, 3.8) is 0 Å². The number of nitrogens with one attached hydrogen (secondary N) is 2. The van der Waals surface area contributed by atoms with E-state index in [0.717, 1.165) is 22.2 Å². The summed E-state index contributed by atoms with van der Waals surface area (Å²) >= 11 is 7.72. The number of hydrogen-bond donors (Lipinski definition) is 2. The van der Waals surface area contributed by atoms with Crippen LogP contribution in [0.4, 0.5) is 5.95 Å². The fraction of sp³-hybridized carbons (Fsp3) is 0.150. The van der Waals surface area contributed by atoms with Gasteiger partial charge in [0.2, 0.25) is 5.95 Å². The molecule has 3 heterocycles. The molecule has 5 nitrogen and oxygen atoms in total. The monoisotopic (exact) mass is 396 g/mol. The first-order chi connectivity index (χ1) is 13.0. The quantitative estimate of drug-likeness (QED) is 0.498. The molecule has 0 saturated heterocycles. The van der Waals surface area contributed by atoms with Gasteiger partial charge in [0.15, 0.2) is 0 Å². The van der Waals surface area contributed by atoms with E-state index in [1.807, 2.05) is 25.1 Å². The van der Waals surface area contributed by atoms with Gasteiger partial charge in [0.1, 0.15) is 0 Å². The van der Waals surface area contributed by atoms with Crippen LogP contribution < -0.4 is 10.9 Å². The Morgan fingerprint density at radius 3 is 2.85 bits per heavy atom. The smallest absolute Gasteiger partial charge is 0.253 e. The number of halogens is 1. The lowest BCUT2D eigenvalue weighted by atomic mass is 10.1. The molecule has 4 rings (SSSR count). The van der Waals surface area contributed by atoms with Crippen LogP contribution in [0.3, 0.4) is 0 Å². The van der Waals surface area contributed by atoms with Crippen LogP contribution in [0.5, 0.6) is 0 Å². The lowest BCUT2D eigenvalue weighted by Gasteiger charge is -2.14. The van der Waals surface area contributed by atoms with Gasteiger partial charge in [-0.25, -0.2) is 9.97 Å². The Morgan fingerprint density at radius 1 is 1.22 bits per heavy atom. The van der Waals surface area contributed by atoms with Gasteiger partial charge in [-0.3, -0.25) is 4.79 Å². The van der Waals surface area contributed by atoms with Crippen molar-refractivity contribution in [1.29, 1.82) is 0 Å². The molecule has 1 atom stereocenters. The molecule has 0 radical (unpaired) electrons. The van der Waals surface area contributed by atoms with Crippen molar-refractivity contribution in [2.75, 3.05) is 5.32 Å². The molecule has 0 fully saturated rings. The van der Waals surface area contributed by atoms with Crippen LogP contribution in [0.15, 0.2) is 52.1 Å². The third kappa shape index (κ3) is 3.59. The molecule has 4 aromatic rings. The fourth-order valence-corrected chi connectivity index (χ4v) is 4.01. The van der Waals surface area contributed by atoms with Gasteiger partial charge in [-0.1, -0.05) is 11.6 Å². The number of H-pyrrole nitrogens is 1. The molecule has 1 aromatic carbocycles. The average molecular weight is 397 g/mol. The van der Waals surface area contributed by atoms with Crippen LogP contribution in [-0.2, 0) is 0 Å². The second-order valence-electron chi connectivity index (χ2n) is 6.39. The normalized spacial score (nSPS) is 12.3. The summed E-state index contributed by atoms with van der Waals surface area (Å²) in [6, 6.07) is 8.86. The molecule has 0 amide bonds. The third-order valence-corrected chi connectivity index (χ3v) is 5.53. The molecule has 3 aromatic heterocycles. The van der Waals surface area contributed by atoms with E-state index < -0.39 is 0 Å². The van der Waals surface area contributed by atoms with Crippen LogP contribution in [0, 0.1) is 6.92 Å². The van der Waals surface area contributed by atoms with E-state index in [2.05, 4.69) is 38.0 Å². The van der Waals surface area contributed by atoms with Crippen LogP contribution >= 0.6 is 22.9 Å². The van der Waals surface area contributed by atoms with Gasteiger partial charge in [0.25, 0.3) is 5.56 Å². The van der Waals surface area contributed by atoms with E-state index in [9.17, 15) is 4.79 Å². The summed E-state index contributed by atoms with van der Waals surface area (Å²) in [7, 11) is 0. The van der Waals surface area contributed by atoms with Crippen molar-refractivity contribution in [3.8, 4) is 11.3 Å². The number of nitrogens with zero attached hydrogens (tertiary/aromatic N) is 2. The minimum absolute atomic E-state index is 0.144. The summed E-state index contributed by atoms with van der Waals surface area (Å²) in [6.07, 6.45) is 1.72. The van der Waals surface area contributed by atoms with Crippen molar-refractivity contribution in [3.05, 3.63) is 73.8 Å². The molecular weight excluding hydrogens is 380 g/mol. The summed E-state index contributed by atoms with van der Waals surface area (Å²) in [5.74, 6) is 0.483. The highest BCUT2D eigenvalue weighted by Crippen LogP contribution is 2.26. The Hall–Kier alpha value is -2.70. The van der Waals surface area contributed by atoms with E-state index in [4.69, 9.17) is 11.6 Å². The number of pyridine rings is 1. The second-order valence-corrected chi connectivity index (χ2v) is 7.57. The Kier molecular flexibility index (Phi) is 4.68. The largest absolute Gasteiger partial charge is 0.347 e. The summed E-state index contributed by atoms with van der Waals surface area (Å²) in [4.78, 5) is 24.3. The summed E-state index contributed by atoms with van der Waals surface area (Å²) in [5.41, 5.74) is 4.35. The predicted octanol–water partition coefficient (Wildman–Crippen LogP) is 5.18. The minimum atomic E-state index is -0.268. The molecule has 27 heavy (non-hydrogen) atoms. The van der Waals surface area contributed by atoms with E-state index >= 15 is 0 Å². The number of aromatic nitrogens is 3. The molecule has 0 unspecified atom stereocenters. The molecule has 0 saturated carbocycles. The van der Waals surface area contributed by atoms with Gasteiger partial charge in [0, 0.05) is 38.6 Å². The summed E-state index contributed by atoms with van der Waals surface area (Å²) < 4.78 is 0. The SMILES string of the molecule is Cc1cscc1-c1ccnc(N[C@@H](C)c2cc3cc(Cl)ccc3[nH]c2=O)n1. The summed E-state index contributed by atoms with van der Waals surface area (Å²) in [6.45, 7) is 3.97. The maximum absolute atomic E-state index is 12.5. The highest BCUT2D eigenvalue weighted by atomic mass is 35.5. The third-order valence-electron chi connectivity index (χ3n) is 4.43. The zero-order valence-electron chi connectivity index (χ0n) is 14.8. The Bertz CT molecular complexity index is 1180. The van der Waals surface area contributed by atoms with E-state index in [-0.39, 0.29) is 11.6 Å². The number of rotatable bonds is 4. The number of anilines is 1. The molecule has 2 N–H and O–H groups in total. The van der Waals surface area contributed by atoms with E-state index in [1.54, 1.807) is 29.7 Å². The lowest BCUT2D eigenvalue weighted by Crippen LogP contribution is -2.20. The molecule has 136 valence electrons. The average Bonchev–Trinajstić information content (AvgIpc) is 3.07. The van der Waals surface area contributed by atoms with Crippen molar-refractivity contribution >= 4 is 39.8 Å². The molecule has 0 spiro atoms. The zero-order chi connectivity index (χ0) is 19.0. The van der Waals surface area contributed by atoms with Gasteiger partial charge in [-0.05, 0) is 55.1 Å². The van der Waals surface area contributed by atoms with Crippen molar-refractivity contribution in [2.24, 2.45) is 0 Å².